The minimum Gasteiger partial charge on any atom is -0.481 e. The molecule has 0 spiro atoms. The number of carbonyl (C=O) groups excluding carboxylic acids is 5. The second-order valence-corrected chi connectivity index (χ2v) is 17.1. The van der Waals surface area contributed by atoms with Crippen LogP contribution in [-0.4, -0.2) is 129 Å². The fourth-order valence-electron chi connectivity index (χ4n) is 9.05. The van der Waals surface area contributed by atoms with Crippen LogP contribution in [0, 0.1) is 0 Å². The van der Waals surface area contributed by atoms with Gasteiger partial charge in [0.25, 0.3) is 17.7 Å². The van der Waals surface area contributed by atoms with Gasteiger partial charge in [0.05, 0.1) is 11.6 Å². The van der Waals surface area contributed by atoms with E-state index in [0.717, 1.165) is 93.1 Å². The molecule has 5 aromatic rings. The largest absolute Gasteiger partial charge is 0.481 e. The van der Waals surface area contributed by atoms with Crippen LogP contribution >= 0.6 is 0 Å². The Kier molecular flexibility index (Phi) is 13.3. The molecule has 5 heterocycles. The first-order chi connectivity index (χ1) is 30.5. The molecular formula is C46H57N11O6. The summed E-state index contributed by atoms with van der Waals surface area (Å²) in [6.45, 7) is 4.36. The lowest BCUT2D eigenvalue weighted by molar-refractivity contribution is -0.135. The van der Waals surface area contributed by atoms with Crippen molar-refractivity contribution in [2.45, 2.75) is 76.2 Å². The number of carbonyl (C=O) groups is 5. The van der Waals surface area contributed by atoms with Gasteiger partial charge in [0, 0.05) is 94.5 Å². The molecule has 5 amide bonds. The number of hydrogen-bond donors (Lipinski definition) is 3. The highest BCUT2D eigenvalue weighted by Crippen LogP contribution is 2.36. The van der Waals surface area contributed by atoms with Crippen LogP contribution in [0.1, 0.15) is 103 Å². The Morgan fingerprint density at radius 3 is 2.44 bits per heavy atom. The van der Waals surface area contributed by atoms with Gasteiger partial charge in [-0.2, -0.15) is 10.1 Å². The SMILES string of the molecule is CN(C)C(=O)c1cc2cnc(Nc3ccc(C(=O)NCCCCCCN4CCN(C(=O)COc5cccc6c(C7CCC(=O)NC7=O)nn(C)c56)CC4)cc3)nc2n1C1CCCC1. The fraction of sp³-hybridized carbons (Fsp3) is 0.478. The molecule has 3 aromatic heterocycles. The number of amides is 5. The normalized spacial score (nSPS) is 17.3. The van der Waals surface area contributed by atoms with Gasteiger partial charge in [0.2, 0.25) is 17.8 Å². The first-order valence-electron chi connectivity index (χ1n) is 22.2. The van der Waals surface area contributed by atoms with E-state index < -0.39 is 5.92 Å². The molecular weight excluding hydrogens is 803 g/mol. The summed E-state index contributed by atoms with van der Waals surface area (Å²) < 4.78 is 9.80. The summed E-state index contributed by atoms with van der Waals surface area (Å²) in [5.41, 5.74) is 4.04. The molecule has 1 unspecified atom stereocenters. The lowest BCUT2D eigenvalue weighted by Gasteiger charge is -2.34. The predicted molar refractivity (Wildman–Crippen MR) is 238 cm³/mol. The van der Waals surface area contributed by atoms with Crippen molar-refractivity contribution in [2.75, 3.05) is 65.3 Å². The van der Waals surface area contributed by atoms with E-state index in [1.165, 1.54) is 0 Å². The van der Waals surface area contributed by atoms with Crippen LogP contribution in [-0.2, 0) is 21.4 Å². The number of rotatable bonds is 16. The van der Waals surface area contributed by atoms with Gasteiger partial charge in [0.1, 0.15) is 22.6 Å². The Hall–Kier alpha value is -6.36. The minimum atomic E-state index is -0.516. The number of unbranched alkanes of at least 4 members (excludes halogenated alkanes) is 3. The number of piperazine rings is 1. The maximum atomic E-state index is 13.1. The molecule has 3 N–H and O–H groups in total. The minimum absolute atomic E-state index is 0.0468. The van der Waals surface area contributed by atoms with Gasteiger partial charge in [-0.25, -0.2) is 4.98 Å². The van der Waals surface area contributed by atoms with Crippen molar-refractivity contribution < 1.29 is 28.7 Å². The third-order valence-corrected chi connectivity index (χ3v) is 12.5. The molecule has 17 heteroatoms. The van der Waals surface area contributed by atoms with E-state index in [-0.39, 0.29) is 48.6 Å². The quantitative estimate of drug-likeness (QED) is 0.0904. The van der Waals surface area contributed by atoms with Crippen molar-refractivity contribution in [3.63, 3.8) is 0 Å². The van der Waals surface area contributed by atoms with E-state index in [1.807, 2.05) is 35.2 Å². The summed E-state index contributed by atoms with van der Waals surface area (Å²) in [6, 6.07) is 14.9. The number of nitrogens with zero attached hydrogens (tertiary/aromatic N) is 8. The molecule has 1 aliphatic carbocycles. The van der Waals surface area contributed by atoms with Gasteiger partial charge < -0.3 is 29.7 Å². The Bertz CT molecular complexity index is 2480. The van der Waals surface area contributed by atoms with Crippen LogP contribution in [0.15, 0.2) is 54.7 Å². The number of aromatic nitrogens is 5. The molecule has 17 nitrogen and oxygen atoms in total. The number of piperidine rings is 1. The summed E-state index contributed by atoms with van der Waals surface area (Å²) in [6.07, 6.45) is 10.7. The maximum Gasteiger partial charge on any atom is 0.270 e. The first kappa shape index (κ1) is 43.3. The molecule has 2 aromatic carbocycles. The number of fused-ring (bicyclic) bond motifs is 2. The molecule has 0 radical (unpaired) electrons. The molecule has 2 aliphatic heterocycles. The second-order valence-electron chi connectivity index (χ2n) is 17.1. The van der Waals surface area contributed by atoms with Crippen molar-refractivity contribution in [3.8, 4) is 5.75 Å². The number of hydrogen-bond acceptors (Lipinski definition) is 11. The monoisotopic (exact) mass is 859 g/mol. The van der Waals surface area contributed by atoms with Crippen LogP contribution in [0.5, 0.6) is 5.75 Å². The lowest BCUT2D eigenvalue weighted by Crippen LogP contribution is -2.50. The zero-order valence-electron chi connectivity index (χ0n) is 36.4. The van der Waals surface area contributed by atoms with Gasteiger partial charge >= 0.3 is 0 Å². The zero-order chi connectivity index (χ0) is 44.0. The fourth-order valence-corrected chi connectivity index (χ4v) is 9.05. The molecule has 0 bridgehead atoms. The van der Waals surface area contributed by atoms with Crippen molar-refractivity contribution >= 4 is 63.1 Å². The van der Waals surface area contributed by atoms with E-state index in [9.17, 15) is 24.0 Å². The van der Waals surface area contributed by atoms with Gasteiger partial charge in [-0.1, -0.05) is 37.8 Å². The van der Waals surface area contributed by atoms with Crippen LogP contribution < -0.4 is 20.7 Å². The molecule has 63 heavy (non-hydrogen) atoms. The molecule has 1 saturated carbocycles. The summed E-state index contributed by atoms with van der Waals surface area (Å²) in [4.78, 5) is 78.5. The van der Waals surface area contributed by atoms with Crippen LogP contribution in [0.2, 0.25) is 0 Å². The maximum absolute atomic E-state index is 13.1. The number of benzene rings is 2. The predicted octanol–water partition coefficient (Wildman–Crippen LogP) is 4.91. The first-order valence-corrected chi connectivity index (χ1v) is 22.2. The average molecular weight is 860 g/mol. The van der Waals surface area contributed by atoms with Gasteiger partial charge in [-0.3, -0.25) is 38.9 Å². The summed E-state index contributed by atoms with van der Waals surface area (Å²) in [5.74, 6) is -0.404. The van der Waals surface area contributed by atoms with Crippen LogP contribution in [0.3, 0.4) is 0 Å². The number of nitrogens with one attached hydrogen (secondary N) is 3. The van der Waals surface area contributed by atoms with E-state index in [0.29, 0.717) is 60.2 Å². The molecule has 8 rings (SSSR count). The average Bonchev–Trinajstić information content (AvgIpc) is 4.03. The topological polar surface area (TPSA) is 189 Å². The van der Waals surface area contributed by atoms with E-state index in [1.54, 1.807) is 55.1 Å². The Labute approximate surface area is 366 Å². The van der Waals surface area contributed by atoms with Crippen molar-refractivity contribution in [2.24, 2.45) is 7.05 Å². The third-order valence-electron chi connectivity index (χ3n) is 12.5. The summed E-state index contributed by atoms with van der Waals surface area (Å²) in [5, 5.41) is 14.9. The van der Waals surface area contributed by atoms with E-state index in [4.69, 9.17) is 9.72 Å². The molecule has 332 valence electrons. The highest BCUT2D eigenvalue weighted by Gasteiger charge is 2.32. The lowest BCUT2D eigenvalue weighted by atomic mass is 9.93. The van der Waals surface area contributed by atoms with Crippen molar-refractivity contribution in [1.82, 2.24) is 49.6 Å². The van der Waals surface area contributed by atoms with Crippen molar-refractivity contribution in [3.05, 3.63) is 71.7 Å². The number of anilines is 2. The highest BCUT2D eigenvalue weighted by molar-refractivity contribution is 6.03. The van der Waals surface area contributed by atoms with E-state index in [2.05, 4.69) is 35.5 Å². The summed E-state index contributed by atoms with van der Waals surface area (Å²) in [7, 11) is 5.31. The number of ether oxygens (including phenoxy) is 1. The molecule has 3 fully saturated rings. The zero-order valence-corrected chi connectivity index (χ0v) is 36.4. The van der Waals surface area contributed by atoms with Gasteiger partial charge in [-0.15, -0.1) is 0 Å². The number of para-hydroxylation sites is 1. The Morgan fingerprint density at radius 2 is 1.70 bits per heavy atom. The van der Waals surface area contributed by atoms with Crippen LogP contribution in [0.4, 0.5) is 11.6 Å². The standard InChI is InChI=1S/C46H57N11O6/c1-53(2)45(62)36-27-31-28-48-46(51-42(31)57(36)33-11-6-7-12-33)49-32-17-15-30(16-18-32)43(60)47-21-8-4-5-9-22-55-23-25-56(26-24-55)39(59)29-63-37-14-10-13-34-40(52-54(3)41(34)37)35-19-20-38(58)50-44(35)61/h10,13-18,27-28,33,35H,4-9,11-12,19-26,29H2,1-3H3,(H,47,60)(H,48,49,51)(H,50,58,61). The second kappa shape index (κ2) is 19.4. The number of imide groups is 1. The van der Waals surface area contributed by atoms with Crippen LogP contribution in [0.25, 0.3) is 21.9 Å². The highest BCUT2D eigenvalue weighted by atomic mass is 16.5. The van der Waals surface area contributed by atoms with E-state index >= 15 is 0 Å². The molecule has 2 saturated heterocycles. The molecule has 1 atom stereocenters. The van der Waals surface area contributed by atoms with Gasteiger partial charge in [0.15, 0.2) is 6.61 Å². The number of aryl methyl sites for hydroxylation is 1. The van der Waals surface area contributed by atoms with Crippen molar-refractivity contribution in [1.29, 1.82) is 0 Å². The Morgan fingerprint density at radius 1 is 0.937 bits per heavy atom. The van der Waals surface area contributed by atoms with Gasteiger partial charge in [-0.05, 0) is 75.0 Å². The summed E-state index contributed by atoms with van der Waals surface area (Å²) >= 11 is 0. The molecule has 3 aliphatic rings. The smallest absolute Gasteiger partial charge is 0.270 e. The third kappa shape index (κ3) is 9.83. The Balaban J connectivity index is 0.720.